The molecule has 2 aromatic rings. The normalized spacial score (nSPS) is 11.4. The van der Waals surface area contributed by atoms with Crippen molar-refractivity contribution in [2.45, 2.75) is 17.9 Å². The van der Waals surface area contributed by atoms with Crippen molar-refractivity contribution in [3.05, 3.63) is 59.9 Å². The van der Waals surface area contributed by atoms with E-state index in [9.17, 15) is 13.2 Å². The number of halogens is 3. The van der Waals surface area contributed by atoms with Crippen LogP contribution >= 0.6 is 31.4 Å². The molecule has 0 fully saturated rings. The van der Waals surface area contributed by atoms with E-state index in [2.05, 4.69) is 9.72 Å². The van der Waals surface area contributed by atoms with E-state index in [1.807, 2.05) is 18.2 Å². The van der Waals surface area contributed by atoms with Gasteiger partial charge in [-0.05, 0) is 39.7 Å². The van der Waals surface area contributed by atoms with E-state index in [-0.39, 0.29) is 5.75 Å². The van der Waals surface area contributed by atoms with Crippen LogP contribution in [0.25, 0.3) is 0 Å². The number of hydrogen-bond acceptors (Lipinski definition) is 5. The lowest BCUT2D eigenvalue weighted by Gasteiger charge is -2.09. The van der Waals surface area contributed by atoms with Crippen LogP contribution in [0.2, 0.25) is 0 Å². The van der Waals surface area contributed by atoms with Crippen LogP contribution in [0.5, 0.6) is 5.75 Å². The number of rotatable bonds is 7. The zero-order valence-corrected chi connectivity index (χ0v) is 13.7. The van der Waals surface area contributed by atoms with Crippen molar-refractivity contribution >= 4 is 31.4 Å². The monoisotopic (exact) mass is 363 g/mol. The molecule has 0 radical (unpaired) electrons. The van der Waals surface area contributed by atoms with E-state index >= 15 is 0 Å². The van der Waals surface area contributed by atoms with E-state index < -0.39 is 6.36 Å². The first-order valence-corrected chi connectivity index (χ1v) is 10.0. The van der Waals surface area contributed by atoms with Crippen molar-refractivity contribution in [2.75, 3.05) is 0 Å². The molecule has 2 nitrogen and oxygen atoms in total. The Balaban J connectivity index is 1.67. The van der Waals surface area contributed by atoms with Crippen molar-refractivity contribution in [3.8, 4) is 5.75 Å². The second-order valence-corrected chi connectivity index (χ2v) is 8.34. The second kappa shape index (κ2) is 8.59. The number of aromatic nitrogens is 1. The van der Waals surface area contributed by atoms with E-state index in [0.29, 0.717) is 5.75 Å². The van der Waals surface area contributed by atoms with Gasteiger partial charge in [-0.2, -0.15) is 0 Å². The molecular weight excluding hydrogens is 351 g/mol. The lowest BCUT2D eigenvalue weighted by molar-refractivity contribution is -0.274. The Morgan fingerprint density at radius 3 is 2.32 bits per heavy atom. The maximum absolute atomic E-state index is 12.0. The van der Waals surface area contributed by atoms with Crippen molar-refractivity contribution < 1.29 is 17.9 Å². The topological polar surface area (TPSA) is 22.1 Å². The maximum atomic E-state index is 12.0. The summed E-state index contributed by atoms with van der Waals surface area (Å²) in [6.45, 7) is 0. The molecule has 1 heterocycles. The van der Waals surface area contributed by atoms with Gasteiger partial charge in [0.2, 0.25) is 0 Å². The quantitative estimate of drug-likeness (QED) is 0.463. The molecule has 0 atom stereocenters. The fourth-order valence-electron chi connectivity index (χ4n) is 1.48. The minimum absolute atomic E-state index is 0.196. The van der Waals surface area contributed by atoms with Gasteiger partial charge in [0, 0.05) is 17.7 Å². The molecule has 0 amide bonds. The van der Waals surface area contributed by atoms with E-state index in [1.165, 1.54) is 12.1 Å². The molecule has 0 saturated heterocycles. The molecule has 1 aromatic heterocycles. The van der Waals surface area contributed by atoms with Gasteiger partial charge in [-0.1, -0.05) is 39.8 Å². The fraction of sp³-hybridized carbons (Fsp3) is 0.214. The summed E-state index contributed by atoms with van der Waals surface area (Å²) in [6.07, 6.45) is -2.88. The minimum Gasteiger partial charge on any atom is -0.406 e. The molecular formula is C14H12F3NOS3. The van der Waals surface area contributed by atoms with E-state index in [1.54, 1.807) is 49.7 Å². The van der Waals surface area contributed by atoms with Crippen LogP contribution in [-0.4, -0.2) is 11.3 Å². The number of nitrogens with zero attached hydrogens (tertiary/aromatic N) is 1. The lowest BCUT2D eigenvalue weighted by atomic mass is 10.2. The Bertz CT molecular complexity index is 564. The number of pyridine rings is 1. The van der Waals surface area contributed by atoms with Crippen molar-refractivity contribution in [3.63, 3.8) is 0 Å². The van der Waals surface area contributed by atoms with E-state index in [4.69, 9.17) is 0 Å². The molecule has 8 heteroatoms. The Kier molecular flexibility index (Phi) is 6.78. The lowest BCUT2D eigenvalue weighted by Crippen LogP contribution is -2.16. The Hall–Kier alpha value is -0.990. The van der Waals surface area contributed by atoms with Crippen molar-refractivity contribution in [2.24, 2.45) is 0 Å². The van der Waals surface area contributed by atoms with Gasteiger partial charge in [0.25, 0.3) is 0 Å². The summed E-state index contributed by atoms with van der Waals surface area (Å²) in [4.78, 5) is 4.22. The van der Waals surface area contributed by atoms with Crippen LogP contribution in [0.4, 0.5) is 13.2 Å². The third kappa shape index (κ3) is 6.85. The molecule has 1 aromatic carbocycles. The maximum Gasteiger partial charge on any atom is 0.573 e. The average molecular weight is 363 g/mol. The molecule has 0 bridgehead atoms. The first-order valence-electron chi connectivity index (χ1n) is 6.18. The molecule has 0 aliphatic heterocycles. The van der Waals surface area contributed by atoms with Crippen LogP contribution in [0.15, 0.2) is 48.7 Å². The Morgan fingerprint density at radius 1 is 0.955 bits per heavy atom. The van der Waals surface area contributed by atoms with Gasteiger partial charge >= 0.3 is 6.36 Å². The zero-order valence-electron chi connectivity index (χ0n) is 11.2. The SMILES string of the molecule is FC(F)(F)Oc1ccc(CSSSCc2ccccn2)cc1. The summed E-state index contributed by atoms with van der Waals surface area (Å²) in [5, 5.41) is 0. The number of hydrogen-bond donors (Lipinski definition) is 0. The van der Waals surface area contributed by atoms with Crippen LogP contribution < -0.4 is 4.74 Å². The molecule has 0 aliphatic rings. The highest BCUT2D eigenvalue weighted by atomic mass is 33.5. The zero-order chi connectivity index (χ0) is 15.8. The Labute approximate surface area is 138 Å². The largest absolute Gasteiger partial charge is 0.573 e. The van der Waals surface area contributed by atoms with Gasteiger partial charge in [-0.15, -0.1) is 13.2 Å². The fourth-order valence-corrected chi connectivity index (χ4v) is 5.01. The third-order valence-corrected chi connectivity index (χ3v) is 6.49. The van der Waals surface area contributed by atoms with Crippen molar-refractivity contribution in [1.82, 2.24) is 4.98 Å². The third-order valence-electron chi connectivity index (χ3n) is 2.41. The number of alkyl halides is 3. The summed E-state index contributed by atoms with van der Waals surface area (Å²) < 4.78 is 39.9. The predicted molar refractivity (Wildman–Crippen MR) is 87.5 cm³/mol. The average Bonchev–Trinajstić information content (AvgIpc) is 2.48. The van der Waals surface area contributed by atoms with Gasteiger partial charge in [-0.25, -0.2) is 0 Å². The van der Waals surface area contributed by atoms with Gasteiger partial charge in [0.05, 0.1) is 5.69 Å². The molecule has 0 unspecified atom stereocenters. The first-order chi connectivity index (χ1) is 10.5. The van der Waals surface area contributed by atoms with Crippen LogP contribution in [0, 0.1) is 0 Å². The van der Waals surface area contributed by atoms with Crippen LogP contribution in [0.1, 0.15) is 11.3 Å². The molecule has 2 rings (SSSR count). The number of benzene rings is 1. The van der Waals surface area contributed by atoms with Gasteiger partial charge < -0.3 is 4.74 Å². The number of ether oxygens (including phenoxy) is 1. The smallest absolute Gasteiger partial charge is 0.406 e. The minimum atomic E-state index is -4.64. The summed E-state index contributed by atoms with van der Waals surface area (Å²) in [6, 6.07) is 11.7. The molecule has 118 valence electrons. The second-order valence-electron chi connectivity index (χ2n) is 4.11. The summed E-state index contributed by atoms with van der Waals surface area (Å²) in [5.74, 6) is 1.33. The van der Waals surface area contributed by atoms with Crippen LogP contribution in [-0.2, 0) is 11.5 Å². The van der Waals surface area contributed by atoms with E-state index in [0.717, 1.165) is 17.0 Å². The van der Waals surface area contributed by atoms with Gasteiger partial charge in [-0.3, -0.25) is 4.98 Å². The molecule has 0 N–H and O–H groups in total. The summed E-state index contributed by atoms with van der Waals surface area (Å²) >= 11 is 0. The highest BCUT2D eigenvalue weighted by molar-refractivity contribution is 9.09. The molecule has 22 heavy (non-hydrogen) atoms. The first kappa shape index (κ1) is 17.4. The molecule has 0 spiro atoms. The standard InChI is InChI=1S/C14H12F3NOS3/c15-14(16,17)19-13-6-4-11(5-7-13)9-20-22-21-10-12-3-1-2-8-18-12/h1-8H,9-10H2. The highest BCUT2D eigenvalue weighted by Crippen LogP contribution is 2.38. The predicted octanol–water partition coefficient (Wildman–Crippen LogP) is 5.71. The molecule has 0 saturated carbocycles. The molecule has 0 aliphatic carbocycles. The van der Waals surface area contributed by atoms with Crippen LogP contribution in [0.3, 0.4) is 0 Å². The summed E-state index contributed by atoms with van der Waals surface area (Å²) in [5.41, 5.74) is 1.97. The Morgan fingerprint density at radius 2 is 1.68 bits per heavy atom. The summed E-state index contributed by atoms with van der Waals surface area (Å²) in [7, 11) is 4.95. The van der Waals surface area contributed by atoms with Gasteiger partial charge in [0.1, 0.15) is 5.75 Å². The van der Waals surface area contributed by atoms with Gasteiger partial charge in [0.15, 0.2) is 0 Å². The highest BCUT2D eigenvalue weighted by Gasteiger charge is 2.30. The van der Waals surface area contributed by atoms with Crippen molar-refractivity contribution in [1.29, 1.82) is 0 Å².